The topological polar surface area (TPSA) is 120 Å². The zero-order valence-corrected chi connectivity index (χ0v) is 24.1. The third kappa shape index (κ3) is 7.21. The molecule has 0 saturated heterocycles. The predicted octanol–water partition coefficient (Wildman–Crippen LogP) is 4.87. The third-order valence-electron chi connectivity index (χ3n) is 5.95. The molecule has 0 unspecified atom stereocenters. The number of benzene rings is 3. The standard InChI is InChI=1S/C29H28N6O4S2/c1-3-39-22-14-10-20(11-15-22)35-25(17-30-26(36)16-19-8-12-21(38-2)13-9-19)33-34-29(35)40-18-27(37)32-28-31-23-6-4-5-7-24(23)41-28/h4-15H,3,16-18H2,1-2H3,(H,30,36)(H,31,32,37). The van der Waals surface area contributed by atoms with Crippen LogP contribution in [-0.4, -0.2) is 51.0 Å². The van der Waals surface area contributed by atoms with Gasteiger partial charge in [0.2, 0.25) is 11.8 Å². The van der Waals surface area contributed by atoms with Gasteiger partial charge in [0.05, 0.1) is 42.7 Å². The number of hydrogen-bond acceptors (Lipinski definition) is 9. The fraction of sp³-hybridized carbons (Fsp3) is 0.207. The lowest BCUT2D eigenvalue weighted by atomic mass is 10.1. The van der Waals surface area contributed by atoms with Crippen LogP contribution >= 0.6 is 23.1 Å². The number of methoxy groups -OCH3 is 1. The van der Waals surface area contributed by atoms with Crippen molar-refractivity contribution in [1.82, 2.24) is 25.1 Å². The molecule has 0 saturated carbocycles. The Kier molecular flexibility index (Phi) is 9.12. The summed E-state index contributed by atoms with van der Waals surface area (Å²) >= 11 is 2.67. The van der Waals surface area contributed by atoms with Gasteiger partial charge in [-0.3, -0.25) is 14.2 Å². The van der Waals surface area contributed by atoms with E-state index < -0.39 is 0 Å². The number of carbonyl (C=O) groups is 2. The zero-order valence-electron chi connectivity index (χ0n) is 22.5. The lowest BCUT2D eigenvalue weighted by Gasteiger charge is -2.12. The van der Waals surface area contributed by atoms with Gasteiger partial charge in [0, 0.05) is 5.69 Å². The quantitative estimate of drug-likeness (QED) is 0.198. The van der Waals surface area contributed by atoms with Crippen LogP contribution < -0.4 is 20.1 Å². The smallest absolute Gasteiger partial charge is 0.236 e. The second kappa shape index (κ2) is 13.3. The summed E-state index contributed by atoms with van der Waals surface area (Å²) in [5.74, 6) is 1.76. The number of aromatic nitrogens is 4. The van der Waals surface area contributed by atoms with Gasteiger partial charge in [-0.2, -0.15) is 0 Å². The fourth-order valence-electron chi connectivity index (χ4n) is 4.01. The van der Waals surface area contributed by atoms with E-state index in [1.807, 2.05) is 84.3 Å². The van der Waals surface area contributed by atoms with Crippen LogP contribution in [0.1, 0.15) is 18.3 Å². The Morgan fingerprint density at radius 2 is 1.71 bits per heavy atom. The molecule has 2 aromatic heterocycles. The molecule has 2 N–H and O–H groups in total. The molecule has 2 amide bonds. The van der Waals surface area contributed by atoms with Gasteiger partial charge in [-0.15, -0.1) is 10.2 Å². The maximum absolute atomic E-state index is 12.8. The molecule has 0 atom stereocenters. The molecule has 0 fully saturated rings. The first-order valence-electron chi connectivity index (χ1n) is 12.9. The molecule has 210 valence electrons. The van der Waals surface area contributed by atoms with E-state index in [-0.39, 0.29) is 30.5 Å². The molecular formula is C29H28N6O4S2. The molecule has 41 heavy (non-hydrogen) atoms. The number of fused-ring (bicyclic) bond motifs is 1. The van der Waals surface area contributed by atoms with Crippen molar-refractivity contribution in [3.63, 3.8) is 0 Å². The number of rotatable bonds is 12. The van der Waals surface area contributed by atoms with Crippen LogP contribution in [0, 0.1) is 0 Å². The van der Waals surface area contributed by atoms with E-state index in [0.29, 0.717) is 22.7 Å². The fourth-order valence-corrected chi connectivity index (χ4v) is 5.66. The summed E-state index contributed by atoms with van der Waals surface area (Å²) in [7, 11) is 1.60. The van der Waals surface area contributed by atoms with Crippen molar-refractivity contribution < 1.29 is 19.1 Å². The third-order valence-corrected chi connectivity index (χ3v) is 7.83. The van der Waals surface area contributed by atoms with Crippen molar-refractivity contribution in [2.45, 2.75) is 25.0 Å². The molecule has 2 heterocycles. The average molecular weight is 589 g/mol. The van der Waals surface area contributed by atoms with Crippen LogP contribution in [0.2, 0.25) is 0 Å². The summed E-state index contributed by atoms with van der Waals surface area (Å²) in [5, 5.41) is 15.5. The minimum absolute atomic E-state index is 0.106. The largest absolute Gasteiger partial charge is 0.497 e. The second-order valence-electron chi connectivity index (χ2n) is 8.79. The van der Waals surface area contributed by atoms with Crippen molar-refractivity contribution in [3.05, 3.63) is 84.2 Å². The number of anilines is 1. The molecule has 0 aliphatic carbocycles. The van der Waals surface area contributed by atoms with E-state index in [9.17, 15) is 9.59 Å². The van der Waals surface area contributed by atoms with Crippen LogP contribution in [-0.2, 0) is 22.6 Å². The maximum Gasteiger partial charge on any atom is 0.236 e. The Labute approximate surface area is 245 Å². The molecule has 0 aliphatic rings. The lowest BCUT2D eigenvalue weighted by Crippen LogP contribution is -2.26. The average Bonchev–Trinajstić information content (AvgIpc) is 3.59. The first kappa shape index (κ1) is 28.1. The Balaban J connectivity index is 1.28. The number of nitrogens with one attached hydrogen (secondary N) is 2. The number of carbonyl (C=O) groups excluding carboxylic acids is 2. The van der Waals surface area contributed by atoms with Crippen LogP contribution in [0.5, 0.6) is 11.5 Å². The molecule has 12 heteroatoms. The van der Waals surface area contributed by atoms with Gasteiger partial charge in [0.1, 0.15) is 11.5 Å². The van der Waals surface area contributed by atoms with Crippen LogP contribution in [0.25, 0.3) is 15.9 Å². The van der Waals surface area contributed by atoms with E-state index >= 15 is 0 Å². The normalized spacial score (nSPS) is 10.9. The summed E-state index contributed by atoms with van der Waals surface area (Å²) in [4.78, 5) is 29.9. The molecule has 0 bridgehead atoms. The number of thiazole rings is 1. The van der Waals surface area contributed by atoms with Crippen molar-refractivity contribution in [2.24, 2.45) is 0 Å². The molecule has 5 rings (SSSR count). The minimum Gasteiger partial charge on any atom is -0.497 e. The van der Waals surface area contributed by atoms with Gasteiger partial charge in [0.25, 0.3) is 0 Å². The monoisotopic (exact) mass is 588 g/mol. The van der Waals surface area contributed by atoms with E-state index in [1.54, 1.807) is 7.11 Å². The molecule has 5 aromatic rings. The first-order chi connectivity index (χ1) is 20.0. The van der Waals surface area contributed by atoms with Gasteiger partial charge in [-0.05, 0) is 61.0 Å². The second-order valence-corrected chi connectivity index (χ2v) is 10.8. The van der Waals surface area contributed by atoms with Gasteiger partial charge in [0.15, 0.2) is 16.1 Å². The van der Waals surface area contributed by atoms with E-state index in [1.165, 1.54) is 23.1 Å². The molecule has 0 aliphatic heterocycles. The zero-order chi connectivity index (χ0) is 28.6. The van der Waals surface area contributed by atoms with Gasteiger partial charge in [-0.25, -0.2) is 4.98 Å². The van der Waals surface area contributed by atoms with E-state index in [0.717, 1.165) is 33.0 Å². The van der Waals surface area contributed by atoms with Gasteiger partial charge in [-0.1, -0.05) is 47.4 Å². The number of ether oxygens (including phenoxy) is 2. The van der Waals surface area contributed by atoms with Crippen LogP contribution in [0.4, 0.5) is 5.13 Å². The highest BCUT2D eigenvalue weighted by atomic mass is 32.2. The Bertz CT molecular complexity index is 1600. The number of amides is 2. The lowest BCUT2D eigenvalue weighted by molar-refractivity contribution is -0.120. The van der Waals surface area contributed by atoms with Crippen molar-refractivity contribution in [1.29, 1.82) is 0 Å². The number of thioether (sulfide) groups is 1. The molecule has 3 aromatic carbocycles. The summed E-state index contributed by atoms with van der Waals surface area (Å²) in [6, 6.07) is 22.6. The van der Waals surface area contributed by atoms with Crippen LogP contribution in [0.3, 0.4) is 0 Å². The predicted molar refractivity (Wildman–Crippen MR) is 160 cm³/mol. The number of hydrogen-bond donors (Lipinski definition) is 2. The van der Waals surface area contributed by atoms with Crippen molar-refractivity contribution in [2.75, 3.05) is 24.8 Å². The Morgan fingerprint density at radius 3 is 2.44 bits per heavy atom. The summed E-state index contributed by atoms with van der Waals surface area (Å²) in [5.41, 5.74) is 2.49. The highest BCUT2D eigenvalue weighted by Gasteiger charge is 2.18. The molecule has 10 nitrogen and oxygen atoms in total. The maximum atomic E-state index is 12.8. The first-order valence-corrected chi connectivity index (χ1v) is 14.7. The molecule has 0 radical (unpaired) electrons. The van der Waals surface area contributed by atoms with Crippen molar-refractivity contribution >= 4 is 50.3 Å². The highest BCUT2D eigenvalue weighted by Crippen LogP contribution is 2.27. The van der Waals surface area contributed by atoms with E-state index in [2.05, 4.69) is 25.8 Å². The van der Waals surface area contributed by atoms with Crippen LogP contribution in [0.15, 0.2) is 78.0 Å². The van der Waals surface area contributed by atoms with E-state index in [4.69, 9.17) is 9.47 Å². The summed E-state index contributed by atoms with van der Waals surface area (Å²) < 4.78 is 13.6. The summed E-state index contributed by atoms with van der Waals surface area (Å²) in [6.07, 6.45) is 0.217. The minimum atomic E-state index is -0.204. The molecule has 0 spiro atoms. The van der Waals surface area contributed by atoms with Crippen molar-refractivity contribution in [3.8, 4) is 17.2 Å². The SMILES string of the molecule is CCOc1ccc(-n2c(CNC(=O)Cc3ccc(OC)cc3)nnc2SCC(=O)Nc2nc3ccccc3s2)cc1. The summed E-state index contributed by atoms with van der Waals surface area (Å²) in [6.45, 7) is 2.64. The van der Waals surface area contributed by atoms with Gasteiger partial charge >= 0.3 is 0 Å². The Morgan fingerprint density at radius 1 is 0.951 bits per heavy atom. The van der Waals surface area contributed by atoms with Gasteiger partial charge < -0.3 is 20.1 Å². The molecular weight excluding hydrogens is 560 g/mol. The number of para-hydroxylation sites is 1. The Hall–Kier alpha value is -4.42. The highest BCUT2D eigenvalue weighted by molar-refractivity contribution is 7.99. The number of nitrogens with zero attached hydrogens (tertiary/aromatic N) is 4.